The van der Waals surface area contributed by atoms with Crippen molar-refractivity contribution in [1.82, 2.24) is 10.2 Å². The second-order valence-electron chi connectivity index (χ2n) is 9.01. The summed E-state index contributed by atoms with van der Waals surface area (Å²) in [4.78, 5) is 14.4. The SMILES string of the molecule is CC(C)(C)c1nnc(-c2cc3c(cc2N)S(=O)(=O)C[C@H](N)C(=O)N3Cc2ccc(Cl)cc2)o1. The Balaban J connectivity index is 1.89. The van der Waals surface area contributed by atoms with Gasteiger partial charge in [0.15, 0.2) is 9.84 Å². The van der Waals surface area contributed by atoms with Crippen LogP contribution in [-0.2, 0) is 26.6 Å². The topological polar surface area (TPSA) is 145 Å². The summed E-state index contributed by atoms with van der Waals surface area (Å²) in [5.74, 6) is -0.520. The van der Waals surface area contributed by atoms with Crippen molar-refractivity contribution < 1.29 is 17.6 Å². The molecule has 0 aliphatic carbocycles. The predicted octanol–water partition coefficient (Wildman–Crippen LogP) is 2.92. The standard InChI is InChI=1S/C22H24ClN5O4S/c1-22(2,3)21-27-26-19(32-21)14-8-17-18(9-15(14)24)33(30,31)11-16(25)20(29)28(17)10-12-4-6-13(23)7-5-12/h4-9,16H,10-11,24-25H2,1-3H3/t16-/m0/s1. The lowest BCUT2D eigenvalue weighted by Crippen LogP contribution is -2.45. The van der Waals surface area contributed by atoms with E-state index in [1.54, 1.807) is 24.3 Å². The zero-order valence-corrected chi connectivity index (χ0v) is 19.9. The number of benzene rings is 2. The first-order chi connectivity index (χ1) is 15.4. The molecule has 2 aromatic carbocycles. The first kappa shape index (κ1) is 23.2. The number of rotatable bonds is 3. The van der Waals surface area contributed by atoms with Crippen molar-refractivity contribution in [3.8, 4) is 11.5 Å². The molecular weight excluding hydrogens is 466 g/mol. The minimum atomic E-state index is -3.89. The zero-order chi connectivity index (χ0) is 24.1. The molecule has 3 aromatic rings. The summed E-state index contributed by atoms with van der Waals surface area (Å²) in [5, 5.41) is 8.71. The Hall–Kier alpha value is -2.95. The molecule has 0 saturated heterocycles. The molecule has 0 fully saturated rings. The van der Waals surface area contributed by atoms with Gasteiger partial charge in [0.1, 0.15) is 0 Å². The zero-order valence-electron chi connectivity index (χ0n) is 18.4. The van der Waals surface area contributed by atoms with Crippen molar-refractivity contribution in [2.45, 2.75) is 43.7 Å². The fraction of sp³-hybridized carbons (Fsp3) is 0.318. The van der Waals surface area contributed by atoms with Gasteiger partial charge in [-0.25, -0.2) is 8.42 Å². The van der Waals surface area contributed by atoms with E-state index in [0.717, 1.165) is 5.56 Å². The van der Waals surface area contributed by atoms with Gasteiger partial charge in [0, 0.05) is 16.1 Å². The molecule has 1 aliphatic rings. The molecule has 1 amide bonds. The molecule has 9 nitrogen and oxygen atoms in total. The van der Waals surface area contributed by atoms with Crippen LogP contribution in [0, 0.1) is 0 Å². The summed E-state index contributed by atoms with van der Waals surface area (Å²) in [6.07, 6.45) is 0. The highest BCUT2D eigenvalue weighted by Crippen LogP contribution is 2.39. The Morgan fingerprint density at radius 1 is 1.18 bits per heavy atom. The van der Waals surface area contributed by atoms with E-state index in [-0.39, 0.29) is 28.7 Å². The van der Waals surface area contributed by atoms with Crippen molar-refractivity contribution in [2.24, 2.45) is 5.73 Å². The van der Waals surface area contributed by atoms with E-state index >= 15 is 0 Å². The van der Waals surface area contributed by atoms with Crippen LogP contribution < -0.4 is 16.4 Å². The van der Waals surface area contributed by atoms with Gasteiger partial charge in [-0.3, -0.25) is 4.79 Å². The van der Waals surface area contributed by atoms with Gasteiger partial charge in [-0.15, -0.1) is 10.2 Å². The van der Waals surface area contributed by atoms with Crippen LogP contribution in [0.2, 0.25) is 5.02 Å². The number of amides is 1. The van der Waals surface area contributed by atoms with Gasteiger partial charge in [-0.05, 0) is 29.8 Å². The maximum atomic E-state index is 13.2. The predicted molar refractivity (Wildman–Crippen MR) is 126 cm³/mol. The first-order valence-corrected chi connectivity index (χ1v) is 12.2. The van der Waals surface area contributed by atoms with Crippen LogP contribution >= 0.6 is 11.6 Å². The van der Waals surface area contributed by atoms with Crippen molar-refractivity contribution in [3.63, 3.8) is 0 Å². The molecule has 1 atom stereocenters. The fourth-order valence-electron chi connectivity index (χ4n) is 3.52. The Morgan fingerprint density at radius 3 is 2.45 bits per heavy atom. The average molecular weight is 490 g/mol. The number of hydrogen-bond acceptors (Lipinski definition) is 8. The number of nitrogens with zero attached hydrogens (tertiary/aromatic N) is 3. The van der Waals surface area contributed by atoms with Gasteiger partial charge in [-0.1, -0.05) is 44.5 Å². The van der Waals surface area contributed by atoms with E-state index in [4.69, 9.17) is 27.5 Å². The molecule has 33 heavy (non-hydrogen) atoms. The van der Waals surface area contributed by atoms with Crippen LogP contribution in [0.5, 0.6) is 0 Å². The first-order valence-electron chi connectivity index (χ1n) is 10.2. The molecule has 2 heterocycles. The minimum Gasteiger partial charge on any atom is -0.420 e. The molecule has 1 aromatic heterocycles. The molecule has 0 spiro atoms. The van der Waals surface area contributed by atoms with Crippen LogP contribution in [0.1, 0.15) is 32.2 Å². The average Bonchev–Trinajstić information content (AvgIpc) is 3.21. The molecule has 1 aliphatic heterocycles. The van der Waals surface area contributed by atoms with E-state index in [2.05, 4.69) is 10.2 Å². The van der Waals surface area contributed by atoms with Crippen LogP contribution in [-0.4, -0.2) is 36.3 Å². The molecule has 4 N–H and O–H groups in total. The third kappa shape index (κ3) is 4.46. The van der Waals surface area contributed by atoms with Gasteiger partial charge in [-0.2, -0.15) is 0 Å². The monoisotopic (exact) mass is 489 g/mol. The van der Waals surface area contributed by atoms with E-state index in [9.17, 15) is 13.2 Å². The number of anilines is 2. The second-order valence-corrected chi connectivity index (χ2v) is 11.4. The molecule has 0 unspecified atom stereocenters. The molecular formula is C22H24ClN5O4S. The number of nitrogens with two attached hydrogens (primary N) is 2. The number of carbonyl (C=O) groups excluding carboxylic acids is 1. The van der Waals surface area contributed by atoms with Crippen molar-refractivity contribution in [2.75, 3.05) is 16.4 Å². The number of sulfone groups is 1. The Kier molecular flexibility index (Phi) is 5.71. The number of nitrogen functional groups attached to an aromatic ring is 1. The molecule has 11 heteroatoms. The van der Waals surface area contributed by atoms with Crippen molar-refractivity contribution in [3.05, 3.63) is 52.9 Å². The van der Waals surface area contributed by atoms with Crippen molar-refractivity contribution in [1.29, 1.82) is 0 Å². The van der Waals surface area contributed by atoms with E-state index < -0.39 is 33.0 Å². The maximum absolute atomic E-state index is 13.2. The van der Waals surface area contributed by atoms with Crippen molar-refractivity contribution >= 4 is 38.7 Å². The lowest BCUT2D eigenvalue weighted by Gasteiger charge is -2.25. The van der Waals surface area contributed by atoms with Crippen LogP contribution in [0.25, 0.3) is 11.5 Å². The number of hydrogen-bond donors (Lipinski definition) is 2. The van der Waals surface area contributed by atoms with Crippen LogP contribution in [0.15, 0.2) is 45.7 Å². The highest BCUT2D eigenvalue weighted by molar-refractivity contribution is 7.91. The maximum Gasteiger partial charge on any atom is 0.249 e. The summed E-state index contributed by atoms with van der Waals surface area (Å²) in [7, 11) is -3.89. The summed E-state index contributed by atoms with van der Waals surface area (Å²) >= 11 is 5.97. The molecule has 0 radical (unpaired) electrons. The number of aromatic nitrogens is 2. The fourth-order valence-corrected chi connectivity index (χ4v) is 5.23. The Bertz CT molecular complexity index is 1330. The Morgan fingerprint density at radius 2 is 1.85 bits per heavy atom. The smallest absolute Gasteiger partial charge is 0.249 e. The highest BCUT2D eigenvalue weighted by Gasteiger charge is 2.37. The van der Waals surface area contributed by atoms with Crippen LogP contribution in [0.4, 0.5) is 11.4 Å². The van der Waals surface area contributed by atoms with E-state index in [0.29, 0.717) is 16.5 Å². The molecule has 0 bridgehead atoms. The van der Waals surface area contributed by atoms with Gasteiger partial charge in [0.05, 0.1) is 34.5 Å². The Labute approximate surface area is 196 Å². The quantitative estimate of drug-likeness (QED) is 0.534. The summed E-state index contributed by atoms with van der Waals surface area (Å²) in [5.41, 5.74) is 13.2. The molecule has 174 valence electrons. The number of halogens is 1. The lowest BCUT2D eigenvalue weighted by molar-refractivity contribution is -0.119. The van der Waals surface area contributed by atoms with Gasteiger partial charge in [0.2, 0.25) is 17.7 Å². The second kappa shape index (κ2) is 8.12. The summed E-state index contributed by atoms with van der Waals surface area (Å²) in [6, 6.07) is 8.48. The molecule has 0 saturated carbocycles. The van der Waals surface area contributed by atoms with Gasteiger partial charge < -0.3 is 20.8 Å². The third-order valence-electron chi connectivity index (χ3n) is 5.29. The summed E-state index contributed by atoms with van der Waals surface area (Å²) < 4.78 is 31.9. The third-order valence-corrected chi connectivity index (χ3v) is 7.34. The van der Waals surface area contributed by atoms with Gasteiger partial charge >= 0.3 is 0 Å². The van der Waals surface area contributed by atoms with Gasteiger partial charge in [0.25, 0.3) is 0 Å². The van der Waals surface area contributed by atoms with E-state index in [1.165, 1.54) is 17.0 Å². The lowest BCUT2D eigenvalue weighted by atomic mass is 9.97. The minimum absolute atomic E-state index is 0.0745. The number of fused-ring (bicyclic) bond motifs is 1. The number of carbonyl (C=O) groups is 1. The summed E-state index contributed by atoms with van der Waals surface area (Å²) in [6.45, 7) is 5.86. The largest absolute Gasteiger partial charge is 0.420 e. The van der Waals surface area contributed by atoms with E-state index in [1.807, 2.05) is 20.8 Å². The molecule has 4 rings (SSSR count). The highest BCUT2D eigenvalue weighted by atomic mass is 35.5. The van der Waals surface area contributed by atoms with Crippen LogP contribution in [0.3, 0.4) is 0 Å². The normalized spacial score (nSPS) is 18.2.